The van der Waals surface area contributed by atoms with E-state index in [1.807, 2.05) is 49.4 Å². The Morgan fingerprint density at radius 2 is 1.71 bits per heavy atom. The van der Waals surface area contributed by atoms with Crippen LogP contribution in [0.15, 0.2) is 54.9 Å². The number of aryl methyl sites for hydroxylation is 2. The third-order valence-corrected chi connectivity index (χ3v) is 3.82. The lowest BCUT2D eigenvalue weighted by molar-refractivity contribution is 1.13. The monoisotopic (exact) mass is 319 g/mol. The normalized spacial score (nSPS) is 10.4. The summed E-state index contributed by atoms with van der Waals surface area (Å²) in [6, 6.07) is 16.2. The molecule has 3 aromatic rings. The molecule has 0 aliphatic rings. The van der Waals surface area contributed by atoms with Gasteiger partial charge in [-0.05, 0) is 42.7 Å². The first kappa shape index (κ1) is 15.8. The van der Waals surface area contributed by atoms with Crippen molar-refractivity contribution < 1.29 is 0 Å². The number of nitrogens with two attached hydrogens (primary N) is 1. The maximum atomic E-state index is 6.26. The summed E-state index contributed by atoms with van der Waals surface area (Å²) in [5.41, 5.74) is 11.1. The summed E-state index contributed by atoms with van der Waals surface area (Å²) >= 11 is 0. The van der Waals surface area contributed by atoms with Crippen LogP contribution in [0.4, 0.5) is 28.7 Å². The highest BCUT2D eigenvalue weighted by molar-refractivity contribution is 5.80. The number of anilines is 5. The van der Waals surface area contributed by atoms with E-state index in [2.05, 4.69) is 33.6 Å². The lowest BCUT2D eigenvalue weighted by Gasteiger charge is -2.14. The SMILES string of the molecule is CCc1ccccc1Nc1ncnc(Nc2cccc(C)c2)c1N. The molecule has 5 heteroatoms. The van der Waals surface area contributed by atoms with Gasteiger partial charge in [-0.3, -0.25) is 0 Å². The van der Waals surface area contributed by atoms with Crippen molar-refractivity contribution in [2.75, 3.05) is 16.4 Å². The van der Waals surface area contributed by atoms with E-state index in [-0.39, 0.29) is 0 Å². The predicted octanol–water partition coefficient (Wildman–Crippen LogP) is 4.42. The Labute approximate surface area is 142 Å². The number of benzene rings is 2. The van der Waals surface area contributed by atoms with Crippen molar-refractivity contribution in [2.45, 2.75) is 20.3 Å². The van der Waals surface area contributed by atoms with Crippen molar-refractivity contribution in [3.63, 3.8) is 0 Å². The standard InChI is InChI=1S/C19H21N5/c1-3-14-8-4-5-10-16(14)24-19-17(20)18(21-12-22-19)23-15-9-6-7-13(2)11-15/h4-12H,3,20H2,1-2H3,(H2,21,22,23,24). The van der Waals surface area contributed by atoms with Crippen LogP contribution in [0.2, 0.25) is 0 Å². The number of nitrogens with zero attached hydrogens (tertiary/aromatic N) is 2. The Bertz CT molecular complexity index is 845. The molecule has 5 nitrogen and oxygen atoms in total. The highest BCUT2D eigenvalue weighted by atomic mass is 15.1. The summed E-state index contributed by atoms with van der Waals surface area (Å²) < 4.78 is 0. The number of para-hydroxylation sites is 1. The predicted molar refractivity (Wildman–Crippen MR) is 100 cm³/mol. The summed E-state index contributed by atoms with van der Waals surface area (Å²) in [6.07, 6.45) is 2.44. The van der Waals surface area contributed by atoms with Crippen LogP contribution in [0.5, 0.6) is 0 Å². The van der Waals surface area contributed by atoms with Gasteiger partial charge in [0, 0.05) is 11.4 Å². The topological polar surface area (TPSA) is 75.9 Å². The van der Waals surface area contributed by atoms with Gasteiger partial charge in [0.15, 0.2) is 11.6 Å². The molecule has 4 N–H and O–H groups in total. The van der Waals surface area contributed by atoms with Gasteiger partial charge in [0.2, 0.25) is 0 Å². The third kappa shape index (κ3) is 3.46. The number of hydrogen-bond acceptors (Lipinski definition) is 5. The van der Waals surface area contributed by atoms with Crippen LogP contribution in [0, 0.1) is 6.92 Å². The minimum Gasteiger partial charge on any atom is -0.393 e. The summed E-state index contributed by atoms with van der Waals surface area (Å²) in [5, 5.41) is 6.56. The highest BCUT2D eigenvalue weighted by Gasteiger charge is 2.10. The fourth-order valence-corrected chi connectivity index (χ4v) is 2.53. The lowest BCUT2D eigenvalue weighted by Crippen LogP contribution is -2.06. The summed E-state index contributed by atoms with van der Waals surface area (Å²) in [4.78, 5) is 8.54. The molecule has 0 bridgehead atoms. The maximum Gasteiger partial charge on any atom is 0.159 e. The molecule has 0 saturated carbocycles. The molecule has 0 saturated heterocycles. The van der Waals surface area contributed by atoms with Crippen molar-refractivity contribution in [1.29, 1.82) is 0 Å². The summed E-state index contributed by atoms with van der Waals surface area (Å²) in [6.45, 7) is 4.16. The molecular weight excluding hydrogens is 298 g/mol. The average Bonchev–Trinajstić information content (AvgIpc) is 2.59. The minimum atomic E-state index is 0.491. The highest BCUT2D eigenvalue weighted by Crippen LogP contribution is 2.29. The van der Waals surface area contributed by atoms with Crippen molar-refractivity contribution in [3.8, 4) is 0 Å². The zero-order valence-corrected chi connectivity index (χ0v) is 13.9. The van der Waals surface area contributed by atoms with Crippen molar-refractivity contribution in [2.24, 2.45) is 0 Å². The van der Waals surface area contributed by atoms with Crippen molar-refractivity contribution >= 4 is 28.7 Å². The van der Waals surface area contributed by atoms with Gasteiger partial charge in [-0.2, -0.15) is 0 Å². The molecule has 0 aliphatic heterocycles. The molecule has 1 heterocycles. The first-order chi connectivity index (χ1) is 11.7. The number of nitrogens with one attached hydrogen (secondary N) is 2. The van der Waals surface area contributed by atoms with Crippen LogP contribution in [0.25, 0.3) is 0 Å². The van der Waals surface area contributed by atoms with E-state index >= 15 is 0 Å². The van der Waals surface area contributed by atoms with E-state index in [0.717, 1.165) is 17.8 Å². The molecule has 0 spiro atoms. The fraction of sp³-hybridized carbons (Fsp3) is 0.158. The minimum absolute atomic E-state index is 0.491. The molecule has 2 aromatic carbocycles. The zero-order valence-electron chi connectivity index (χ0n) is 13.9. The second-order valence-corrected chi connectivity index (χ2v) is 5.61. The van der Waals surface area contributed by atoms with Gasteiger partial charge in [0.05, 0.1) is 0 Å². The van der Waals surface area contributed by atoms with Gasteiger partial charge in [0.1, 0.15) is 12.0 Å². The molecule has 122 valence electrons. The molecular formula is C19H21N5. The van der Waals surface area contributed by atoms with Crippen LogP contribution in [-0.4, -0.2) is 9.97 Å². The second kappa shape index (κ2) is 7.00. The molecule has 0 fully saturated rings. The van der Waals surface area contributed by atoms with Gasteiger partial charge in [0.25, 0.3) is 0 Å². The van der Waals surface area contributed by atoms with Crippen LogP contribution < -0.4 is 16.4 Å². The molecule has 3 rings (SSSR count). The van der Waals surface area contributed by atoms with Crippen LogP contribution in [-0.2, 0) is 6.42 Å². The Morgan fingerprint density at radius 1 is 0.958 bits per heavy atom. The first-order valence-electron chi connectivity index (χ1n) is 7.96. The number of hydrogen-bond donors (Lipinski definition) is 3. The largest absolute Gasteiger partial charge is 0.393 e. The smallest absolute Gasteiger partial charge is 0.159 e. The van der Waals surface area contributed by atoms with Gasteiger partial charge >= 0.3 is 0 Å². The lowest BCUT2D eigenvalue weighted by atomic mass is 10.1. The van der Waals surface area contributed by atoms with E-state index < -0.39 is 0 Å². The van der Waals surface area contributed by atoms with E-state index in [4.69, 9.17) is 5.73 Å². The maximum absolute atomic E-state index is 6.26. The quantitative estimate of drug-likeness (QED) is 0.649. The van der Waals surface area contributed by atoms with E-state index in [1.54, 1.807) is 0 Å². The van der Waals surface area contributed by atoms with E-state index in [0.29, 0.717) is 17.3 Å². The van der Waals surface area contributed by atoms with Crippen molar-refractivity contribution in [3.05, 3.63) is 66.0 Å². The Morgan fingerprint density at radius 3 is 2.46 bits per heavy atom. The fourth-order valence-electron chi connectivity index (χ4n) is 2.53. The number of nitrogen functional groups attached to an aromatic ring is 1. The molecule has 0 aliphatic carbocycles. The van der Waals surface area contributed by atoms with Crippen LogP contribution in [0.1, 0.15) is 18.1 Å². The molecule has 0 amide bonds. The first-order valence-corrected chi connectivity index (χ1v) is 7.96. The summed E-state index contributed by atoms with van der Waals surface area (Å²) in [5.74, 6) is 1.19. The molecule has 0 radical (unpaired) electrons. The van der Waals surface area contributed by atoms with Crippen molar-refractivity contribution in [1.82, 2.24) is 9.97 Å². The van der Waals surface area contributed by atoms with E-state index in [1.165, 1.54) is 17.5 Å². The van der Waals surface area contributed by atoms with Crippen LogP contribution in [0.3, 0.4) is 0 Å². The molecule has 0 atom stereocenters. The van der Waals surface area contributed by atoms with E-state index in [9.17, 15) is 0 Å². The van der Waals surface area contributed by atoms with Gasteiger partial charge in [-0.1, -0.05) is 37.3 Å². The summed E-state index contributed by atoms with van der Waals surface area (Å²) in [7, 11) is 0. The molecule has 0 unspecified atom stereocenters. The molecule has 1 aromatic heterocycles. The molecule has 24 heavy (non-hydrogen) atoms. The number of rotatable bonds is 5. The van der Waals surface area contributed by atoms with Gasteiger partial charge in [-0.15, -0.1) is 0 Å². The average molecular weight is 319 g/mol. The van der Waals surface area contributed by atoms with Gasteiger partial charge < -0.3 is 16.4 Å². The zero-order chi connectivity index (χ0) is 16.9. The van der Waals surface area contributed by atoms with Gasteiger partial charge in [-0.25, -0.2) is 9.97 Å². The third-order valence-electron chi connectivity index (χ3n) is 3.82. The Hall–Kier alpha value is -3.08. The Balaban J connectivity index is 1.88. The van der Waals surface area contributed by atoms with Crippen LogP contribution >= 0.6 is 0 Å². The number of aromatic nitrogens is 2. The Kier molecular flexibility index (Phi) is 4.61. The second-order valence-electron chi connectivity index (χ2n) is 5.61.